The average molecular weight is 275 g/mol. The van der Waals surface area contributed by atoms with Gasteiger partial charge in [0.15, 0.2) is 0 Å². The number of nitrogens with one attached hydrogen (secondary N) is 1. The van der Waals surface area contributed by atoms with Gasteiger partial charge >= 0.3 is 0 Å². The molecule has 6 nitrogen and oxygen atoms in total. The number of aryl methyl sites for hydroxylation is 2. The molecule has 20 heavy (non-hydrogen) atoms. The van der Waals surface area contributed by atoms with Crippen molar-refractivity contribution in [2.75, 3.05) is 6.54 Å². The van der Waals surface area contributed by atoms with Crippen LogP contribution in [0, 0.1) is 12.8 Å². The minimum absolute atomic E-state index is 0.0697. The Labute approximate surface area is 118 Å². The molecule has 0 radical (unpaired) electrons. The molecule has 108 valence electrons. The van der Waals surface area contributed by atoms with Crippen LogP contribution in [0.5, 0.6) is 0 Å². The maximum absolute atomic E-state index is 12.2. The van der Waals surface area contributed by atoms with Gasteiger partial charge in [-0.25, -0.2) is 0 Å². The van der Waals surface area contributed by atoms with Crippen LogP contribution in [0.4, 0.5) is 0 Å². The summed E-state index contributed by atoms with van der Waals surface area (Å²) in [7, 11) is 0. The minimum Gasteiger partial charge on any atom is -0.350 e. The fourth-order valence-electron chi connectivity index (χ4n) is 2.12. The van der Waals surface area contributed by atoms with Gasteiger partial charge in [-0.1, -0.05) is 6.92 Å². The monoisotopic (exact) mass is 275 g/mol. The summed E-state index contributed by atoms with van der Waals surface area (Å²) in [5.41, 5.74) is 1.48. The topological polar surface area (TPSA) is 64.7 Å². The van der Waals surface area contributed by atoms with Gasteiger partial charge in [0, 0.05) is 32.0 Å². The molecule has 0 saturated heterocycles. The lowest BCUT2D eigenvalue weighted by atomic mass is 10.2. The number of aromatic nitrogens is 4. The van der Waals surface area contributed by atoms with Gasteiger partial charge in [-0.15, -0.1) is 0 Å². The first kappa shape index (κ1) is 14.3. The lowest BCUT2D eigenvalue weighted by Gasteiger charge is -2.13. The summed E-state index contributed by atoms with van der Waals surface area (Å²) in [4.78, 5) is 12.2. The molecule has 2 heterocycles. The number of hydrogen-bond donors (Lipinski definition) is 1. The molecule has 0 aliphatic heterocycles. The molecule has 2 aromatic rings. The summed E-state index contributed by atoms with van der Waals surface area (Å²) in [6, 6.07) is 3.71. The first-order valence-electron chi connectivity index (χ1n) is 6.90. The maximum Gasteiger partial charge on any atom is 0.269 e. The molecular weight excluding hydrogens is 254 g/mol. The van der Waals surface area contributed by atoms with Gasteiger partial charge in [0.05, 0.1) is 5.69 Å². The smallest absolute Gasteiger partial charge is 0.269 e. The second-order valence-corrected chi connectivity index (χ2v) is 5.03. The average Bonchev–Trinajstić information content (AvgIpc) is 3.05. The summed E-state index contributed by atoms with van der Waals surface area (Å²) in [6.45, 7) is 8.06. The molecule has 0 aliphatic carbocycles. The second kappa shape index (κ2) is 6.36. The van der Waals surface area contributed by atoms with E-state index in [0.29, 0.717) is 24.7 Å². The van der Waals surface area contributed by atoms with Gasteiger partial charge in [-0.3, -0.25) is 14.2 Å². The van der Waals surface area contributed by atoms with Crippen molar-refractivity contribution in [3.05, 3.63) is 35.9 Å². The standard InChI is InChI=1S/C14H21N5O/c1-4-19-13(8-12(3)17-19)14(20)15-9-11(2)10-18-7-5-6-16-18/h5-8,11H,4,9-10H2,1-3H3,(H,15,20)/t11-/m1/s1. The zero-order valence-corrected chi connectivity index (χ0v) is 12.2. The molecule has 1 amide bonds. The lowest BCUT2D eigenvalue weighted by Crippen LogP contribution is -2.31. The highest BCUT2D eigenvalue weighted by Crippen LogP contribution is 2.04. The number of carbonyl (C=O) groups is 1. The predicted octanol–water partition coefficient (Wildman–Crippen LogP) is 1.47. The highest BCUT2D eigenvalue weighted by Gasteiger charge is 2.14. The Hall–Kier alpha value is -2.11. The molecule has 2 rings (SSSR count). The van der Waals surface area contributed by atoms with Crippen LogP contribution in [0.25, 0.3) is 0 Å². The quantitative estimate of drug-likeness (QED) is 0.868. The third-order valence-corrected chi connectivity index (χ3v) is 3.10. The largest absolute Gasteiger partial charge is 0.350 e. The van der Waals surface area contributed by atoms with Gasteiger partial charge in [-0.05, 0) is 31.9 Å². The first-order chi connectivity index (χ1) is 9.60. The SMILES string of the molecule is CCn1nc(C)cc1C(=O)NC[C@@H](C)Cn1cccn1. The van der Waals surface area contributed by atoms with E-state index in [2.05, 4.69) is 22.4 Å². The van der Waals surface area contributed by atoms with E-state index in [4.69, 9.17) is 0 Å². The van der Waals surface area contributed by atoms with Crippen LogP contribution in [0.2, 0.25) is 0 Å². The number of nitrogens with zero attached hydrogens (tertiary/aromatic N) is 4. The van der Waals surface area contributed by atoms with Crippen LogP contribution in [0.1, 0.15) is 30.0 Å². The number of amides is 1. The number of carbonyl (C=O) groups excluding carboxylic acids is 1. The van der Waals surface area contributed by atoms with Gasteiger partial charge in [0.25, 0.3) is 5.91 Å². The van der Waals surface area contributed by atoms with E-state index >= 15 is 0 Å². The van der Waals surface area contributed by atoms with E-state index in [1.165, 1.54) is 0 Å². The third kappa shape index (κ3) is 3.46. The molecule has 0 unspecified atom stereocenters. The van der Waals surface area contributed by atoms with Crippen molar-refractivity contribution in [1.29, 1.82) is 0 Å². The molecule has 0 spiro atoms. The molecule has 0 aliphatic rings. The van der Waals surface area contributed by atoms with E-state index in [1.807, 2.05) is 36.9 Å². The van der Waals surface area contributed by atoms with Crippen LogP contribution in [-0.2, 0) is 13.1 Å². The van der Waals surface area contributed by atoms with E-state index < -0.39 is 0 Å². The van der Waals surface area contributed by atoms with Gasteiger partial charge in [-0.2, -0.15) is 10.2 Å². The van der Waals surface area contributed by atoms with Crippen molar-refractivity contribution in [1.82, 2.24) is 24.9 Å². The van der Waals surface area contributed by atoms with Crippen LogP contribution < -0.4 is 5.32 Å². The van der Waals surface area contributed by atoms with Crippen molar-refractivity contribution >= 4 is 5.91 Å². The molecule has 2 aromatic heterocycles. The Morgan fingerprint density at radius 1 is 1.50 bits per heavy atom. The van der Waals surface area contributed by atoms with Gasteiger partial charge < -0.3 is 5.32 Å². The Kier molecular flexibility index (Phi) is 4.55. The zero-order chi connectivity index (χ0) is 14.5. The molecule has 1 atom stereocenters. The Bertz CT molecular complexity index is 558. The van der Waals surface area contributed by atoms with Crippen molar-refractivity contribution in [3.63, 3.8) is 0 Å². The van der Waals surface area contributed by atoms with Crippen molar-refractivity contribution in [3.8, 4) is 0 Å². The Balaban J connectivity index is 1.88. The molecule has 0 fully saturated rings. The van der Waals surface area contributed by atoms with Crippen LogP contribution in [0.3, 0.4) is 0 Å². The fourth-order valence-corrected chi connectivity index (χ4v) is 2.12. The predicted molar refractivity (Wildman–Crippen MR) is 76.4 cm³/mol. The Morgan fingerprint density at radius 3 is 2.95 bits per heavy atom. The number of rotatable bonds is 6. The fraction of sp³-hybridized carbons (Fsp3) is 0.500. The third-order valence-electron chi connectivity index (χ3n) is 3.10. The first-order valence-corrected chi connectivity index (χ1v) is 6.90. The van der Waals surface area contributed by atoms with Crippen LogP contribution in [0.15, 0.2) is 24.5 Å². The molecular formula is C14H21N5O. The van der Waals surface area contributed by atoms with Gasteiger partial charge in [0.1, 0.15) is 5.69 Å². The second-order valence-electron chi connectivity index (χ2n) is 5.03. The lowest BCUT2D eigenvalue weighted by molar-refractivity contribution is 0.0936. The summed E-state index contributed by atoms with van der Waals surface area (Å²) < 4.78 is 3.60. The van der Waals surface area contributed by atoms with Gasteiger partial charge in [0.2, 0.25) is 0 Å². The minimum atomic E-state index is -0.0697. The van der Waals surface area contributed by atoms with E-state index in [0.717, 1.165) is 12.2 Å². The van der Waals surface area contributed by atoms with Crippen molar-refractivity contribution < 1.29 is 4.79 Å². The zero-order valence-electron chi connectivity index (χ0n) is 12.2. The van der Waals surface area contributed by atoms with Crippen molar-refractivity contribution in [2.24, 2.45) is 5.92 Å². The van der Waals surface area contributed by atoms with Crippen LogP contribution in [-0.4, -0.2) is 32.0 Å². The summed E-state index contributed by atoms with van der Waals surface area (Å²) in [6.07, 6.45) is 3.68. The highest BCUT2D eigenvalue weighted by molar-refractivity contribution is 5.92. The summed E-state index contributed by atoms with van der Waals surface area (Å²) in [5, 5.41) is 11.4. The van der Waals surface area contributed by atoms with E-state index in [-0.39, 0.29) is 5.91 Å². The molecule has 1 N–H and O–H groups in total. The van der Waals surface area contributed by atoms with E-state index in [9.17, 15) is 4.79 Å². The normalized spacial score (nSPS) is 12.3. The number of hydrogen-bond acceptors (Lipinski definition) is 3. The Morgan fingerprint density at radius 2 is 2.30 bits per heavy atom. The maximum atomic E-state index is 12.2. The molecule has 0 aromatic carbocycles. The molecule has 0 saturated carbocycles. The molecule has 6 heteroatoms. The van der Waals surface area contributed by atoms with E-state index in [1.54, 1.807) is 10.9 Å². The highest BCUT2D eigenvalue weighted by atomic mass is 16.2. The summed E-state index contributed by atoms with van der Waals surface area (Å²) in [5.74, 6) is 0.248. The molecule has 0 bridgehead atoms. The van der Waals surface area contributed by atoms with Crippen LogP contribution >= 0.6 is 0 Å². The summed E-state index contributed by atoms with van der Waals surface area (Å²) >= 11 is 0. The van der Waals surface area contributed by atoms with Crippen molar-refractivity contribution in [2.45, 2.75) is 33.9 Å².